The number of aryl methyl sites for hydroxylation is 3. The summed E-state index contributed by atoms with van der Waals surface area (Å²) in [4.78, 5) is 17.1. The summed E-state index contributed by atoms with van der Waals surface area (Å²) in [6.45, 7) is 6.23. The highest BCUT2D eigenvalue weighted by molar-refractivity contribution is 5.91. The molecule has 0 aliphatic rings. The fourth-order valence-corrected chi connectivity index (χ4v) is 3.07. The zero-order valence-corrected chi connectivity index (χ0v) is 16.1. The monoisotopic (exact) mass is 365 g/mol. The van der Waals surface area contributed by atoms with Gasteiger partial charge in [-0.1, -0.05) is 42.0 Å². The maximum Gasteiger partial charge on any atom is 0.227 e. The fraction of sp³-hybridized carbons (Fsp3) is 0.364. The van der Waals surface area contributed by atoms with E-state index >= 15 is 0 Å². The van der Waals surface area contributed by atoms with Crippen LogP contribution in [0.4, 0.5) is 5.95 Å². The average Bonchev–Trinajstić information content (AvgIpc) is 3.02. The summed E-state index contributed by atoms with van der Waals surface area (Å²) in [5.74, 6) is 0.596. The predicted octanol–water partition coefficient (Wildman–Crippen LogP) is 4.34. The predicted molar refractivity (Wildman–Crippen MR) is 109 cm³/mol. The number of para-hydroxylation sites is 2. The van der Waals surface area contributed by atoms with Gasteiger partial charge < -0.3 is 9.30 Å². The average molecular weight is 365 g/mol. The molecule has 1 amide bonds. The van der Waals surface area contributed by atoms with E-state index < -0.39 is 0 Å². The number of nitrogens with one attached hydrogen (secondary N) is 1. The molecule has 5 heteroatoms. The fourth-order valence-electron chi connectivity index (χ4n) is 3.07. The lowest BCUT2D eigenvalue weighted by molar-refractivity contribution is -0.116. The van der Waals surface area contributed by atoms with Crippen molar-refractivity contribution in [1.82, 2.24) is 9.55 Å². The van der Waals surface area contributed by atoms with Crippen LogP contribution >= 0.6 is 0 Å². The summed E-state index contributed by atoms with van der Waals surface area (Å²) < 4.78 is 7.51. The second-order valence-corrected chi connectivity index (χ2v) is 6.66. The highest BCUT2D eigenvalue weighted by Gasteiger charge is 2.13. The molecule has 5 nitrogen and oxygen atoms in total. The Kier molecular flexibility index (Phi) is 6.60. The van der Waals surface area contributed by atoms with Crippen LogP contribution in [-0.4, -0.2) is 28.7 Å². The largest absolute Gasteiger partial charge is 0.382 e. The van der Waals surface area contributed by atoms with Gasteiger partial charge in [0.05, 0.1) is 11.0 Å². The summed E-state index contributed by atoms with van der Waals surface area (Å²) in [7, 11) is 0. The standard InChI is InChI=1S/C22H27N3O2/c1-3-27-16-6-15-25-20-8-5-4-7-19(20)23-22(25)24-21(26)14-13-18-11-9-17(2)10-12-18/h4-5,7-12H,3,6,13-16H2,1-2H3,(H,23,24,26). The normalized spacial score (nSPS) is 11.0. The molecule has 0 aliphatic heterocycles. The van der Waals surface area contributed by atoms with E-state index in [9.17, 15) is 4.79 Å². The van der Waals surface area contributed by atoms with E-state index in [1.165, 1.54) is 11.1 Å². The van der Waals surface area contributed by atoms with Gasteiger partial charge in [-0.05, 0) is 44.4 Å². The maximum atomic E-state index is 12.5. The van der Waals surface area contributed by atoms with E-state index in [4.69, 9.17) is 4.74 Å². The van der Waals surface area contributed by atoms with Crippen LogP contribution < -0.4 is 5.32 Å². The topological polar surface area (TPSA) is 56.1 Å². The number of ether oxygens (including phenoxy) is 1. The Labute approximate surface area is 160 Å². The molecule has 0 bridgehead atoms. The molecule has 0 aliphatic carbocycles. The molecule has 0 fully saturated rings. The molecular formula is C22H27N3O2. The number of amides is 1. The number of aromatic nitrogens is 2. The van der Waals surface area contributed by atoms with Crippen LogP contribution in [0.25, 0.3) is 11.0 Å². The van der Waals surface area contributed by atoms with Crippen LogP contribution in [0.2, 0.25) is 0 Å². The van der Waals surface area contributed by atoms with Gasteiger partial charge in [0.1, 0.15) is 0 Å². The molecular weight excluding hydrogens is 338 g/mol. The number of nitrogens with zero attached hydrogens (tertiary/aromatic N) is 2. The summed E-state index contributed by atoms with van der Waals surface area (Å²) in [6, 6.07) is 16.3. The van der Waals surface area contributed by atoms with E-state index in [1.54, 1.807) is 0 Å². The quantitative estimate of drug-likeness (QED) is 0.574. The van der Waals surface area contributed by atoms with E-state index in [0.717, 1.165) is 30.4 Å². The molecule has 1 N–H and O–H groups in total. The van der Waals surface area contributed by atoms with Gasteiger partial charge in [-0.2, -0.15) is 0 Å². The molecule has 27 heavy (non-hydrogen) atoms. The number of carbonyl (C=O) groups is 1. The molecule has 0 radical (unpaired) electrons. The third-order valence-corrected chi connectivity index (χ3v) is 4.54. The van der Waals surface area contributed by atoms with Gasteiger partial charge >= 0.3 is 0 Å². The van der Waals surface area contributed by atoms with Crippen LogP contribution in [0, 0.1) is 6.92 Å². The maximum absolute atomic E-state index is 12.5. The molecule has 3 aromatic rings. The summed E-state index contributed by atoms with van der Waals surface area (Å²) in [5, 5.41) is 2.99. The van der Waals surface area contributed by atoms with Crippen molar-refractivity contribution in [3.8, 4) is 0 Å². The van der Waals surface area contributed by atoms with Gasteiger partial charge in [0.15, 0.2) is 0 Å². The number of anilines is 1. The molecule has 0 unspecified atom stereocenters. The number of carbonyl (C=O) groups excluding carboxylic acids is 1. The van der Waals surface area contributed by atoms with Crippen molar-refractivity contribution < 1.29 is 9.53 Å². The zero-order valence-electron chi connectivity index (χ0n) is 16.1. The Morgan fingerprint density at radius 3 is 2.70 bits per heavy atom. The van der Waals surface area contributed by atoms with Crippen molar-refractivity contribution in [2.75, 3.05) is 18.5 Å². The first-order chi connectivity index (χ1) is 13.2. The van der Waals surface area contributed by atoms with E-state index in [1.807, 2.05) is 31.2 Å². The van der Waals surface area contributed by atoms with Gasteiger partial charge in [-0.25, -0.2) is 4.98 Å². The summed E-state index contributed by atoms with van der Waals surface area (Å²) >= 11 is 0. The van der Waals surface area contributed by atoms with Crippen LogP contribution in [0.1, 0.15) is 30.9 Å². The van der Waals surface area contributed by atoms with Crippen LogP contribution in [-0.2, 0) is 22.5 Å². The number of hydrogen-bond donors (Lipinski definition) is 1. The highest BCUT2D eigenvalue weighted by atomic mass is 16.5. The van der Waals surface area contributed by atoms with Crippen LogP contribution in [0.5, 0.6) is 0 Å². The molecule has 2 aromatic carbocycles. The minimum absolute atomic E-state index is 0.0167. The minimum Gasteiger partial charge on any atom is -0.382 e. The number of hydrogen-bond acceptors (Lipinski definition) is 3. The lowest BCUT2D eigenvalue weighted by atomic mass is 10.1. The zero-order chi connectivity index (χ0) is 19.1. The first-order valence-electron chi connectivity index (χ1n) is 9.56. The molecule has 1 heterocycles. The number of fused-ring (bicyclic) bond motifs is 1. The molecule has 0 spiro atoms. The van der Waals surface area contributed by atoms with Crippen molar-refractivity contribution in [2.24, 2.45) is 0 Å². The smallest absolute Gasteiger partial charge is 0.227 e. The molecule has 0 saturated heterocycles. The second kappa shape index (κ2) is 9.33. The SMILES string of the molecule is CCOCCCn1c(NC(=O)CCc2ccc(C)cc2)nc2ccccc21. The number of rotatable bonds is 9. The van der Waals surface area contributed by atoms with Gasteiger partial charge in [-0.15, -0.1) is 0 Å². The molecule has 0 atom stereocenters. The Hall–Kier alpha value is -2.66. The van der Waals surface area contributed by atoms with Crippen molar-refractivity contribution in [3.63, 3.8) is 0 Å². The first kappa shape index (κ1) is 19.1. The van der Waals surface area contributed by atoms with Crippen molar-refractivity contribution in [2.45, 2.75) is 39.7 Å². The summed E-state index contributed by atoms with van der Waals surface area (Å²) in [5.41, 5.74) is 4.32. The Morgan fingerprint density at radius 1 is 1.15 bits per heavy atom. The lowest BCUT2D eigenvalue weighted by Gasteiger charge is -2.10. The Bertz CT molecular complexity index is 884. The third kappa shape index (κ3) is 5.17. The molecule has 1 aromatic heterocycles. The van der Waals surface area contributed by atoms with Gasteiger partial charge in [0.2, 0.25) is 11.9 Å². The van der Waals surface area contributed by atoms with Crippen molar-refractivity contribution >= 4 is 22.9 Å². The Morgan fingerprint density at radius 2 is 1.93 bits per heavy atom. The van der Waals surface area contributed by atoms with Gasteiger partial charge in [-0.3, -0.25) is 10.1 Å². The Balaban J connectivity index is 1.67. The molecule has 0 saturated carbocycles. The number of benzene rings is 2. The van der Waals surface area contributed by atoms with Gasteiger partial charge in [0, 0.05) is 26.2 Å². The third-order valence-electron chi connectivity index (χ3n) is 4.54. The summed E-state index contributed by atoms with van der Waals surface area (Å²) in [6.07, 6.45) is 2.03. The van der Waals surface area contributed by atoms with Crippen LogP contribution in [0.3, 0.4) is 0 Å². The van der Waals surface area contributed by atoms with Crippen LogP contribution in [0.15, 0.2) is 48.5 Å². The van der Waals surface area contributed by atoms with Gasteiger partial charge in [0.25, 0.3) is 0 Å². The highest BCUT2D eigenvalue weighted by Crippen LogP contribution is 2.20. The first-order valence-corrected chi connectivity index (χ1v) is 9.56. The lowest BCUT2D eigenvalue weighted by Crippen LogP contribution is -2.17. The van der Waals surface area contributed by atoms with Crippen molar-refractivity contribution in [3.05, 3.63) is 59.7 Å². The van der Waals surface area contributed by atoms with E-state index in [0.29, 0.717) is 25.6 Å². The molecule has 142 valence electrons. The minimum atomic E-state index is -0.0167. The van der Waals surface area contributed by atoms with Crippen molar-refractivity contribution in [1.29, 1.82) is 0 Å². The molecule has 3 rings (SSSR count). The van der Waals surface area contributed by atoms with E-state index in [-0.39, 0.29) is 5.91 Å². The second-order valence-electron chi connectivity index (χ2n) is 6.66. The van der Waals surface area contributed by atoms with E-state index in [2.05, 4.69) is 46.1 Å². The number of imidazole rings is 1.